The van der Waals surface area contributed by atoms with Crippen LogP contribution in [0.2, 0.25) is 0 Å². The van der Waals surface area contributed by atoms with Crippen molar-refractivity contribution in [3.8, 4) is 0 Å². The molecule has 1 atom stereocenters. The average Bonchev–Trinajstić information content (AvgIpc) is 2.26. The third-order valence-corrected chi connectivity index (χ3v) is 3.63. The van der Waals surface area contributed by atoms with Crippen LogP contribution in [0.4, 0.5) is 0 Å². The van der Waals surface area contributed by atoms with Crippen molar-refractivity contribution in [1.82, 2.24) is 5.32 Å². The highest BCUT2D eigenvalue weighted by molar-refractivity contribution is 5.72. The minimum Gasteiger partial charge on any atom is -0.481 e. The monoisotopic (exact) mass is 227 g/mol. The van der Waals surface area contributed by atoms with Gasteiger partial charge in [-0.3, -0.25) is 9.59 Å². The van der Waals surface area contributed by atoms with Crippen LogP contribution in [-0.2, 0) is 9.59 Å². The van der Waals surface area contributed by atoms with Crippen LogP contribution in [-0.4, -0.2) is 23.5 Å². The van der Waals surface area contributed by atoms with Gasteiger partial charge in [-0.1, -0.05) is 6.92 Å². The summed E-state index contributed by atoms with van der Waals surface area (Å²) in [6.07, 6.45) is 4.00. The van der Waals surface area contributed by atoms with E-state index in [1.807, 2.05) is 0 Å². The second-order valence-electron chi connectivity index (χ2n) is 4.84. The first kappa shape index (κ1) is 13.0. The normalized spacial score (nSPS) is 27.1. The van der Waals surface area contributed by atoms with Crippen LogP contribution in [0, 0.1) is 17.8 Å². The maximum Gasteiger partial charge on any atom is 0.306 e. The van der Waals surface area contributed by atoms with Crippen molar-refractivity contribution < 1.29 is 14.7 Å². The van der Waals surface area contributed by atoms with E-state index >= 15 is 0 Å². The summed E-state index contributed by atoms with van der Waals surface area (Å²) in [6.45, 7) is 4.06. The maximum atomic E-state index is 10.8. The topological polar surface area (TPSA) is 66.4 Å². The number of hydrogen-bond acceptors (Lipinski definition) is 2. The SMILES string of the molecule is CC(=O)NCC1CCC(C(C)C(=O)O)CC1. The molecule has 1 fully saturated rings. The number of rotatable bonds is 4. The minimum atomic E-state index is -0.690. The van der Waals surface area contributed by atoms with E-state index in [1.54, 1.807) is 6.92 Å². The van der Waals surface area contributed by atoms with Crippen molar-refractivity contribution in [3.63, 3.8) is 0 Å². The number of nitrogens with one attached hydrogen (secondary N) is 1. The summed E-state index contributed by atoms with van der Waals surface area (Å²) in [5.41, 5.74) is 0. The molecule has 4 heteroatoms. The van der Waals surface area contributed by atoms with Gasteiger partial charge in [0.25, 0.3) is 0 Å². The molecule has 1 amide bonds. The van der Waals surface area contributed by atoms with Crippen LogP contribution in [0.15, 0.2) is 0 Å². The lowest BCUT2D eigenvalue weighted by atomic mass is 9.76. The Bertz CT molecular complexity index is 257. The van der Waals surface area contributed by atoms with Crippen LogP contribution in [0.3, 0.4) is 0 Å². The Morgan fingerprint density at radius 1 is 1.31 bits per heavy atom. The number of aliphatic carboxylic acids is 1. The van der Waals surface area contributed by atoms with Crippen molar-refractivity contribution >= 4 is 11.9 Å². The molecular weight excluding hydrogens is 206 g/mol. The molecule has 0 aliphatic heterocycles. The standard InChI is InChI=1S/C12H21NO3/c1-8(12(15)16)11-5-3-10(4-6-11)7-13-9(2)14/h8,10-11H,3-7H2,1-2H3,(H,13,14)(H,15,16). The number of hydrogen-bond donors (Lipinski definition) is 2. The van der Waals surface area contributed by atoms with Crippen molar-refractivity contribution in [2.24, 2.45) is 17.8 Å². The van der Waals surface area contributed by atoms with Gasteiger partial charge < -0.3 is 10.4 Å². The fourth-order valence-corrected chi connectivity index (χ4v) is 2.38. The Balaban J connectivity index is 2.28. The first-order chi connectivity index (χ1) is 7.50. The third-order valence-electron chi connectivity index (χ3n) is 3.63. The van der Waals surface area contributed by atoms with Crippen molar-refractivity contribution in [2.45, 2.75) is 39.5 Å². The summed E-state index contributed by atoms with van der Waals surface area (Å²) in [5, 5.41) is 11.7. The second kappa shape index (κ2) is 5.87. The van der Waals surface area contributed by atoms with E-state index in [1.165, 1.54) is 6.92 Å². The lowest BCUT2D eigenvalue weighted by Gasteiger charge is -2.30. The minimum absolute atomic E-state index is 0.0148. The van der Waals surface area contributed by atoms with E-state index in [-0.39, 0.29) is 11.8 Å². The predicted octanol–water partition coefficient (Wildman–Crippen LogP) is 1.65. The zero-order valence-electron chi connectivity index (χ0n) is 10.0. The zero-order valence-corrected chi connectivity index (χ0v) is 10.0. The van der Waals surface area contributed by atoms with Gasteiger partial charge in [0.1, 0.15) is 0 Å². The highest BCUT2D eigenvalue weighted by Crippen LogP contribution is 2.33. The predicted molar refractivity (Wildman–Crippen MR) is 60.9 cm³/mol. The fourth-order valence-electron chi connectivity index (χ4n) is 2.38. The first-order valence-corrected chi connectivity index (χ1v) is 5.98. The van der Waals surface area contributed by atoms with Gasteiger partial charge in [0.15, 0.2) is 0 Å². The summed E-state index contributed by atoms with van der Waals surface area (Å²) in [7, 11) is 0. The molecule has 1 unspecified atom stereocenters. The second-order valence-corrected chi connectivity index (χ2v) is 4.84. The molecule has 0 heterocycles. The van der Waals surface area contributed by atoms with Crippen molar-refractivity contribution in [3.05, 3.63) is 0 Å². The summed E-state index contributed by atoms with van der Waals surface area (Å²) < 4.78 is 0. The number of carbonyl (C=O) groups excluding carboxylic acids is 1. The van der Waals surface area contributed by atoms with E-state index in [4.69, 9.17) is 5.11 Å². The van der Waals surface area contributed by atoms with Gasteiger partial charge in [-0.05, 0) is 37.5 Å². The van der Waals surface area contributed by atoms with Crippen molar-refractivity contribution in [1.29, 1.82) is 0 Å². The summed E-state index contributed by atoms with van der Waals surface area (Å²) in [5.74, 6) is -0.0692. The fraction of sp³-hybridized carbons (Fsp3) is 0.833. The van der Waals surface area contributed by atoms with Crippen LogP contribution in [0.25, 0.3) is 0 Å². The summed E-state index contributed by atoms with van der Waals surface area (Å²) >= 11 is 0. The van der Waals surface area contributed by atoms with Gasteiger partial charge in [0.05, 0.1) is 5.92 Å². The Morgan fingerprint density at radius 2 is 1.88 bits per heavy atom. The van der Waals surface area contributed by atoms with Gasteiger partial charge >= 0.3 is 5.97 Å². The molecule has 0 radical (unpaired) electrons. The average molecular weight is 227 g/mol. The van der Waals surface area contributed by atoms with Gasteiger partial charge in [0.2, 0.25) is 5.91 Å². The first-order valence-electron chi connectivity index (χ1n) is 5.98. The molecule has 0 aromatic heterocycles. The molecule has 2 N–H and O–H groups in total. The molecule has 0 saturated heterocycles. The molecule has 1 aliphatic carbocycles. The number of carboxylic acids is 1. The van der Waals surface area contributed by atoms with E-state index in [9.17, 15) is 9.59 Å². The molecule has 1 rings (SSSR count). The van der Waals surface area contributed by atoms with E-state index in [2.05, 4.69) is 5.32 Å². The lowest BCUT2D eigenvalue weighted by molar-refractivity contribution is -0.143. The van der Waals surface area contributed by atoms with E-state index in [0.717, 1.165) is 32.2 Å². The summed E-state index contributed by atoms with van der Waals surface area (Å²) in [6, 6.07) is 0. The molecule has 1 saturated carbocycles. The quantitative estimate of drug-likeness (QED) is 0.767. The van der Waals surface area contributed by atoms with Gasteiger partial charge in [0, 0.05) is 13.5 Å². The molecule has 0 bridgehead atoms. The van der Waals surface area contributed by atoms with Crippen molar-refractivity contribution in [2.75, 3.05) is 6.54 Å². The molecule has 16 heavy (non-hydrogen) atoms. The van der Waals surface area contributed by atoms with Crippen LogP contribution < -0.4 is 5.32 Å². The van der Waals surface area contributed by atoms with Crippen LogP contribution in [0.1, 0.15) is 39.5 Å². The highest BCUT2D eigenvalue weighted by atomic mass is 16.4. The molecule has 4 nitrogen and oxygen atoms in total. The van der Waals surface area contributed by atoms with E-state index in [0.29, 0.717) is 11.8 Å². The van der Waals surface area contributed by atoms with Crippen LogP contribution >= 0.6 is 0 Å². The van der Waals surface area contributed by atoms with Gasteiger partial charge in [-0.25, -0.2) is 0 Å². The molecule has 0 aromatic rings. The summed E-state index contributed by atoms with van der Waals surface area (Å²) in [4.78, 5) is 21.6. The molecule has 0 spiro atoms. The zero-order chi connectivity index (χ0) is 12.1. The van der Waals surface area contributed by atoms with Gasteiger partial charge in [-0.2, -0.15) is 0 Å². The molecular formula is C12H21NO3. The highest BCUT2D eigenvalue weighted by Gasteiger charge is 2.28. The number of amides is 1. The molecule has 0 aromatic carbocycles. The van der Waals surface area contributed by atoms with Gasteiger partial charge in [-0.15, -0.1) is 0 Å². The van der Waals surface area contributed by atoms with Crippen LogP contribution in [0.5, 0.6) is 0 Å². The Morgan fingerprint density at radius 3 is 2.31 bits per heavy atom. The Labute approximate surface area is 96.4 Å². The Hall–Kier alpha value is -1.06. The lowest BCUT2D eigenvalue weighted by Crippen LogP contribution is -2.31. The molecule has 1 aliphatic rings. The molecule has 92 valence electrons. The largest absolute Gasteiger partial charge is 0.481 e. The number of carbonyl (C=O) groups is 2. The smallest absolute Gasteiger partial charge is 0.306 e. The maximum absolute atomic E-state index is 10.8. The third kappa shape index (κ3) is 3.83. The number of carboxylic acid groups (broad SMARTS) is 1. The van der Waals surface area contributed by atoms with E-state index < -0.39 is 5.97 Å². The Kier molecular flexibility index (Phi) is 4.77.